The highest BCUT2D eigenvalue weighted by Gasteiger charge is 2.49. The van der Waals surface area contributed by atoms with Crippen molar-refractivity contribution < 1.29 is 19.1 Å². The average molecular weight is 407 g/mol. The molecule has 0 fully saturated rings. The molecule has 0 saturated heterocycles. The topological polar surface area (TPSA) is 128 Å². The van der Waals surface area contributed by atoms with E-state index in [0.717, 1.165) is 0 Å². The largest absolute Gasteiger partial charge is 0.463 e. The molecule has 2 amide bonds. The number of hydrazone groups is 1. The number of furan rings is 1. The van der Waals surface area contributed by atoms with E-state index in [1.165, 1.54) is 18.4 Å². The van der Waals surface area contributed by atoms with Crippen LogP contribution >= 0.6 is 23.2 Å². The number of rotatable bonds is 5. The van der Waals surface area contributed by atoms with Gasteiger partial charge >= 0.3 is 0 Å². The SMILES string of the molecule is N#CCC(=O)N/N=C(/C[C@]1(O)C(=O)Nc2c(Cl)ccc(Cl)c21)c1ccco1. The van der Waals surface area contributed by atoms with Gasteiger partial charge in [0.15, 0.2) is 5.60 Å². The van der Waals surface area contributed by atoms with Gasteiger partial charge < -0.3 is 14.8 Å². The molecule has 1 aromatic carbocycles. The number of hydrogen-bond donors (Lipinski definition) is 3. The van der Waals surface area contributed by atoms with E-state index in [4.69, 9.17) is 32.9 Å². The predicted molar refractivity (Wildman–Crippen MR) is 97.2 cm³/mol. The van der Waals surface area contributed by atoms with Gasteiger partial charge in [-0.2, -0.15) is 10.4 Å². The minimum Gasteiger partial charge on any atom is -0.463 e. The Morgan fingerprint density at radius 1 is 1.37 bits per heavy atom. The van der Waals surface area contributed by atoms with Crippen molar-refractivity contribution in [3.63, 3.8) is 0 Å². The van der Waals surface area contributed by atoms with E-state index in [1.807, 2.05) is 0 Å². The number of anilines is 1. The Morgan fingerprint density at radius 2 is 2.11 bits per heavy atom. The van der Waals surface area contributed by atoms with Gasteiger partial charge in [0.25, 0.3) is 11.8 Å². The number of nitrogens with one attached hydrogen (secondary N) is 2. The molecule has 1 aliphatic rings. The van der Waals surface area contributed by atoms with Crippen LogP contribution in [0.2, 0.25) is 10.0 Å². The van der Waals surface area contributed by atoms with Crippen LogP contribution in [-0.2, 0) is 15.2 Å². The minimum atomic E-state index is -2.08. The lowest BCUT2D eigenvalue weighted by molar-refractivity contribution is -0.132. The molecular formula is C17H12Cl2N4O4. The fraction of sp³-hybridized carbons (Fsp3) is 0.176. The molecule has 1 aromatic heterocycles. The molecule has 3 rings (SSSR count). The maximum atomic E-state index is 12.5. The Labute approximate surface area is 163 Å². The highest BCUT2D eigenvalue weighted by atomic mass is 35.5. The molecule has 3 N–H and O–H groups in total. The molecular weight excluding hydrogens is 395 g/mol. The third-order valence-corrected chi connectivity index (χ3v) is 4.55. The van der Waals surface area contributed by atoms with Gasteiger partial charge in [0.05, 0.1) is 23.0 Å². The van der Waals surface area contributed by atoms with Crippen LogP contribution in [0.25, 0.3) is 0 Å². The Hall–Kier alpha value is -2.86. The van der Waals surface area contributed by atoms with E-state index >= 15 is 0 Å². The van der Waals surface area contributed by atoms with E-state index in [9.17, 15) is 14.7 Å². The van der Waals surface area contributed by atoms with Crippen LogP contribution in [-0.4, -0.2) is 22.6 Å². The summed E-state index contributed by atoms with van der Waals surface area (Å²) in [5.74, 6) is -1.17. The van der Waals surface area contributed by atoms with Crippen LogP contribution in [0.5, 0.6) is 0 Å². The molecule has 2 heterocycles. The maximum Gasteiger partial charge on any atom is 0.261 e. The molecule has 0 aliphatic carbocycles. The van der Waals surface area contributed by atoms with Gasteiger partial charge in [-0.25, -0.2) is 5.43 Å². The van der Waals surface area contributed by atoms with E-state index < -0.39 is 23.8 Å². The molecule has 0 bridgehead atoms. The molecule has 0 unspecified atom stereocenters. The van der Waals surface area contributed by atoms with Crippen LogP contribution in [0.3, 0.4) is 0 Å². The van der Waals surface area contributed by atoms with Crippen molar-refractivity contribution in [2.24, 2.45) is 5.10 Å². The smallest absolute Gasteiger partial charge is 0.261 e. The minimum absolute atomic E-state index is 0.0767. The van der Waals surface area contributed by atoms with Gasteiger partial charge in [-0.15, -0.1) is 0 Å². The van der Waals surface area contributed by atoms with Gasteiger partial charge in [0.2, 0.25) is 0 Å². The zero-order valence-electron chi connectivity index (χ0n) is 13.6. The van der Waals surface area contributed by atoms with Crippen LogP contribution in [0.15, 0.2) is 40.0 Å². The van der Waals surface area contributed by atoms with Gasteiger partial charge in [-0.3, -0.25) is 9.59 Å². The Kier molecular flexibility index (Phi) is 5.19. The zero-order valence-corrected chi connectivity index (χ0v) is 15.1. The predicted octanol–water partition coefficient (Wildman–Crippen LogP) is 2.55. The van der Waals surface area contributed by atoms with Crippen molar-refractivity contribution in [1.82, 2.24) is 5.43 Å². The standard InChI is InChI=1S/C17H12Cl2N4O4/c18-9-3-4-10(19)15-14(9)17(26,16(25)21-15)8-11(12-2-1-7-27-12)22-23-13(24)5-6-20/h1-4,7,26H,5,8H2,(H,21,25)(H,23,24)/b22-11-/t17-/m1/s1. The van der Waals surface area contributed by atoms with E-state index in [-0.39, 0.29) is 39.2 Å². The van der Waals surface area contributed by atoms with E-state index in [2.05, 4.69) is 15.8 Å². The first-order chi connectivity index (χ1) is 12.9. The molecule has 0 spiro atoms. The summed E-state index contributed by atoms with van der Waals surface area (Å²) in [5, 5.41) is 26.5. The summed E-state index contributed by atoms with van der Waals surface area (Å²) in [6.45, 7) is 0. The number of hydrogen-bond acceptors (Lipinski definition) is 6. The third-order valence-electron chi connectivity index (χ3n) is 3.92. The monoisotopic (exact) mass is 406 g/mol. The normalized spacial score (nSPS) is 18.6. The van der Waals surface area contributed by atoms with Crippen molar-refractivity contribution >= 4 is 46.4 Å². The molecule has 0 saturated carbocycles. The molecule has 2 aromatic rings. The third kappa shape index (κ3) is 3.53. The first kappa shape index (κ1) is 18.9. The lowest BCUT2D eigenvalue weighted by Gasteiger charge is -2.22. The summed E-state index contributed by atoms with van der Waals surface area (Å²) in [4.78, 5) is 24.1. The Balaban J connectivity index is 2.01. The number of amides is 2. The number of carbonyl (C=O) groups is 2. The lowest BCUT2D eigenvalue weighted by Crippen LogP contribution is -2.37. The van der Waals surface area contributed by atoms with Crippen molar-refractivity contribution in [2.45, 2.75) is 18.4 Å². The van der Waals surface area contributed by atoms with E-state index in [0.29, 0.717) is 0 Å². The molecule has 8 nitrogen and oxygen atoms in total. The summed E-state index contributed by atoms with van der Waals surface area (Å²) in [6, 6.07) is 7.78. The highest BCUT2D eigenvalue weighted by Crippen LogP contribution is 2.46. The number of nitriles is 1. The number of nitrogens with zero attached hydrogens (tertiary/aromatic N) is 2. The lowest BCUT2D eigenvalue weighted by atomic mass is 9.89. The van der Waals surface area contributed by atoms with Crippen LogP contribution in [0.4, 0.5) is 5.69 Å². The quantitative estimate of drug-likeness (QED) is 0.519. The second-order valence-electron chi connectivity index (χ2n) is 5.68. The van der Waals surface area contributed by atoms with Gasteiger partial charge in [0, 0.05) is 17.0 Å². The number of halogens is 2. The number of aliphatic hydroxyl groups is 1. The summed E-state index contributed by atoms with van der Waals surface area (Å²) >= 11 is 12.3. The van der Waals surface area contributed by atoms with Crippen molar-refractivity contribution in [3.05, 3.63) is 51.9 Å². The summed E-state index contributed by atoms with van der Waals surface area (Å²) < 4.78 is 5.27. The molecule has 27 heavy (non-hydrogen) atoms. The van der Waals surface area contributed by atoms with Crippen molar-refractivity contribution in [3.8, 4) is 6.07 Å². The van der Waals surface area contributed by atoms with Crippen molar-refractivity contribution in [2.75, 3.05) is 5.32 Å². The van der Waals surface area contributed by atoms with Crippen LogP contribution < -0.4 is 10.7 Å². The first-order valence-electron chi connectivity index (χ1n) is 7.65. The molecule has 1 atom stereocenters. The highest BCUT2D eigenvalue weighted by molar-refractivity contribution is 6.38. The number of carbonyl (C=O) groups excluding carboxylic acids is 2. The Bertz CT molecular complexity index is 982. The van der Waals surface area contributed by atoms with Gasteiger partial charge in [0.1, 0.15) is 17.9 Å². The van der Waals surface area contributed by atoms with E-state index in [1.54, 1.807) is 18.2 Å². The number of fused-ring (bicyclic) bond motifs is 1. The summed E-state index contributed by atoms with van der Waals surface area (Å²) in [6.07, 6.45) is 0.620. The average Bonchev–Trinajstić information content (AvgIpc) is 3.24. The van der Waals surface area contributed by atoms with Crippen molar-refractivity contribution in [1.29, 1.82) is 5.26 Å². The van der Waals surface area contributed by atoms with Gasteiger partial charge in [-0.1, -0.05) is 23.2 Å². The fourth-order valence-electron chi connectivity index (χ4n) is 2.69. The maximum absolute atomic E-state index is 12.5. The molecule has 0 radical (unpaired) electrons. The van der Waals surface area contributed by atoms with Crippen LogP contribution in [0.1, 0.15) is 24.2 Å². The Morgan fingerprint density at radius 3 is 2.78 bits per heavy atom. The fourth-order valence-corrected chi connectivity index (χ4v) is 3.20. The molecule has 138 valence electrons. The number of benzene rings is 1. The van der Waals surface area contributed by atoms with Crippen LogP contribution in [0, 0.1) is 11.3 Å². The summed E-state index contributed by atoms with van der Waals surface area (Å²) in [5.41, 5.74) is 0.516. The molecule has 1 aliphatic heterocycles. The van der Waals surface area contributed by atoms with Gasteiger partial charge in [-0.05, 0) is 24.3 Å². The molecule has 10 heteroatoms. The summed E-state index contributed by atoms with van der Waals surface area (Å²) in [7, 11) is 0. The zero-order chi connectivity index (χ0) is 19.6. The second kappa shape index (κ2) is 7.40. The second-order valence-corrected chi connectivity index (χ2v) is 6.49. The first-order valence-corrected chi connectivity index (χ1v) is 8.41.